The van der Waals surface area contributed by atoms with Crippen LogP contribution in [0, 0.1) is 5.92 Å². The van der Waals surface area contributed by atoms with Crippen LogP contribution in [0.25, 0.3) is 0 Å². The summed E-state index contributed by atoms with van der Waals surface area (Å²) >= 11 is 0. The number of aliphatic carboxylic acids is 1. The van der Waals surface area contributed by atoms with Crippen molar-refractivity contribution in [3.63, 3.8) is 0 Å². The van der Waals surface area contributed by atoms with Crippen molar-refractivity contribution in [1.29, 1.82) is 0 Å². The van der Waals surface area contributed by atoms with Gasteiger partial charge in [0.15, 0.2) is 0 Å². The highest BCUT2D eigenvalue weighted by molar-refractivity contribution is 5.81. The number of ether oxygens (including phenoxy) is 1. The highest BCUT2D eigenvalue weighted by Crippen LogP contribution is 2.37. The van der Waals surface area contributed by atoms with E-state index in [0.29, 0.717) is 30.9 Å². The smallest absolute Gasteiger partial charge is 0.308 e. The number of para-hydroxylation sites is 1. The maximum absolute atomic E-state index is 13.0. The van der Waals surface area contributed by atoms with Crippen molar-refractivity contribution < 1.29 is 19.4 Å². The van der Waals surface area contributed by atoms with Crippen molar-refractivity contribution in [3.8, 4) is 5.75 Å². The summed E-state index contributed by atoms with van der Waals surface area (Å²) in [5, 5.41) is 9.72. The van der Waals surface area contributed by atoms with Gasteiger partial charge in [0.05, 0.1) is 19.6 Å². The molecule has 0 saturated carbocycles. The van der Waals surface area contributed by atoms with Gasteiger partial charge in [0, 0.05) is 31.1 Å². The maximum Gasteiger partial charge on any atom is 0.308 e. The molecule has 2 aliphatic heterocycles. The summed E-state index contributed by atoms with van der Waals surface area (Å²) in [7, 11) is 1.59. The molecule has 0 unspecified atom stereocenters. The number of nitrogens with zero attached hydrogens (tertiary/aromatic N) is 2. The second kappa shape index (κ2) is 8.30. The highest BCUT2D eigenvalue weighted by Gasteiger charge is 2.42. The number of carboxylic acid groups (broad SMARTS) is 1. The Balaban J connectivity index is 1.76. The predicted octanol–water partition coefficient (Wildman–Crippen LogP) is 2.58. The standard InChI is InChI=1S/C21H30N2O4/c1-14-7-6-8-15(2)23(14)13-20(24)22-11-17(18(12-22)21(25)26)16-9-4-5-10-19(16)27-3/h4-5,9-10,14-15,17-18H,6-8,11-13H2,1-3H3,(H,25,26)/t14-,15+,17-,18+/m0/s1. The van der Waals surface area contributed by atoms with Gasteiger partial charge in [-0.25, -0.2) is 0 Å². The number of hydrogen-bond acceptors (Lipinski definition) is 4. The van der Waals surface area contributed by atoms with Crippen LogP contribution in [0.3, 0.4) is 0 Å². The lowest BCUT2D eigenvalue weighted by atomic mass is 9.88. The van der Waals surface area contributed by atoms with E-state index < -0.39 is 11.9 Å². The molecule has 2 aliphatic rings. The van der Waals surface area contributed by atoms with Crippen molar-refractivity contribution in [2.75, 3.05) is 26.7 Å². The van der Waals surface area contributed by atoms with Crippen LogP contribution in [-0.2, 0) is 9.59 Å². The van der Waals surface area contributed by atoms with Crippen LogP contribution in [0.2, 0.25) is 0 Å². The zero-order valence-electron chi connectivity index (χ0n) is 16.4. The lowest BCUT2D eigenvalue weighted by Gasteiger charge is -2.39. The third-order valence-electron chi connectivity index (χ3n) is 6.22. The number of carbonyl (C=O) groups is 2. The molecule has 0 bridgehead atoms. The topological polar surface area (TPSA) is 70.1 Å². The molecule has 148 valence electrons. The number of methoxy groups -OCH3 is 1. The van der Waals surface area contributed by atoms with Crippen molar-refractivity contribution in [2.24, 2.45) is 5.92 Å². The minimum Gasteiger partial charge on any atom is -0.496 e. The highest BCUT2D eigenvalue weighted by atomic mass is 16.5. The summed E-state index contributed by atoms with van der Waals surface area (Å²) in [6, 6.07) is 8.28. The Labute approximate surface area is 161 Å². The third kappa shape index (κ3) is 4.10. The largest absolute Gasteiger partial charge is 0.496 e. The number of benzene rings is 1. The zero-order chi connectivity index (χ0) is 19.6. The lowest BCUT2D eigenvalue weighted by Crippen LogP contribution is -2.49. The van der Waals surface area contributed by atoms with Crippen LogP contribution < -0.4 is 4.74 Å². The van der Waals surface area contributed by atoms with E-state index in [-0.39, 0.29) is 18.4 Å². The lowest BCUT2D eigenvalue weighted by molar-refractivity contribution is -0.142. The molecular formula is C21H30N2O4. The summed E-state index contributed by atoms with van der Waals surface area (Å²) < 4.78 is 5.43. The van der Waals surface area contributed by atoms with Crippen LogP contribution in [0.1, 0.15) is 44.6 Å². The molecule has 27 heavy (non-hydrogen) atoms. The fourth-order valence-electron chi connectivity index (χ4n) is 4.59. The minimum absolute atomic E-state index is 0.0271. The molecule has 6 heteroatoms. The van der Waals surface area contributed by atoms with Gasteiger partial charge in [-0.15, -0.1) is 0 Å². The Morgan fingerprint density at radius 1 is 1.15 bits per heavy atom. The zero-order valence-corrected chi connectivity index (χ0v) is 16.4. The van der Waals surface area contributed by atoms with E-state index in [4.69, 9.17) is 4.74 Å². The predicted molar refractivity (Wildman–Crippen MR) is 103 cm³/mol. The average molecular weight is 374 g/mol. The van der Waals surface area contributed by atoms with E-state index in [1.807, 2.05) is 24.3 Å². The first-order chi connectivity index (χ1) is 12.9. The first-order valence-corrected chi connectivity index (χ1v) is 9.81. The molecule has 0 aliphatic carbocycles. The monoisotopic (exact) mass is 374 g/mol. The van der Waals surface area contributed by atoms with E-state index in [2.05, 4.69) is 18.7 Å². The number of piperidine rings is 1. The van der Waals surface area contributed by atoms with Gasteiger partial charge in [-0.3, -0.25) is 14.5 Å². The Bertz CT molecular complexity index is 683. The van der Waals surface area contributed by atoms with Gasteiger partial charge in [0.1, 0.15) is 5.75 Å². The Morgan fingerprint density at radius 2 is 1.81 bits per heavy atom. The molecule has 0 spiro atoms. The number of rotatable bonds is 5. The minimum atomic E-state index is -0.860. The number of likely N-dealkylation sites (tertiary alicyclic amines) is 2. The fraction of sp³-hybridized carbons (Fsp3) is 0.619. The van der Waals surface area contributed by atoms with Crippen molar-refractivity contribution in [1.82, 2.24) is 9.80 Å². The molecule has 1 aromatic carbocycles. The van der Waals surface area contributed by atoms with Crippen molar-refractivity contribution in [3.05, 3.63) is 29.8 Å². The van der Waals surface area contributed by atoms with Crippen molar-refractivity contribution >= 4 is 11.9 Å². The van der Waals surface area contributed by atoms with Crippen LogP contribution in [0.5, 0.6) is 5.75 Å². The molecule has 1 amide bonds. The second-order valence-corrected chi connectivity index (χ2v) is 7.89. The molecule has 3 rings (SSSR count). The third-order valence-corrected chi connectivity index (χ3v) is 6.22. The Kier molecular flexibility index (Phi) is 6.05. The molecule has 2 saturated heterocycles. The number of hydrogen-bond donors (Lipinski definition) is 1. The molecule has 6 nitrogen and oxygen atoms in total. The Morgan fingerprint density at radius 3 is 2.44 bits per heavy atom. The molecule has 2 fully saturated rings. The normalized spacial score (nSPS) is 28.9. The quantitative estimate of drug-likeness (QED) is 0.858. The molecule has 4 atom stereocenters. The van der Waals surface area contributed by atoms with E-state index >= 15 is 0 Å². The van der Waals surface area contributed by atoms with Crippen LogP contribution in [0.15, 0.2) is 24.3 Å². The van der Waals surface area contributed by atoms with Gasteiger partial charge in [0.2, 0.25) is 5.91 Å². The maximum atomic E-state index is 13.0. The molecule has 1 aromatic rings. The summed E-state index contributed by atoms with van der Waals surface area (Å²) in [4.78, 5) is 28.8. The summed E-state index contributed by atoms with van der Waals surface area (Å²) in [6.45, 7) is 5.39. The number of amides is 1. The summed E-state index contributed by atoms with van der Waals surface area (Å²) in [6.07, 6.45) is 3.42. The van der Waals surface area contributed by atoms with Gasteiger partial charge in [0.25, 0.3) is 0 Å². The fourth-order valence-corrected chi connectivity index (χ4v) is 4.59. The van der Waals surface area contributed by atoms with Gasteiger partial charge in [-0.05, 0) is 38.3 Å². The Hall–Kier alpha value is -2.08. The van der Waals surface area contributed by atoms with Gasteiger partial charge >= 0.3 is 5.97 Å². The summed E-state index contributed by atoms with van der Waals surface area (Å²) in [5.74, 6) is -1.01. The molecular weight excluding hydrogens is 344 g/mol. The first kappa shape index (κ1) is 19.7. The van der Waals surface area contributed by atoms with Crippen LogP contribution in [-0.4, -0.2) is 65.6 Å². The molecule has 0 aromatic heterocycles. The molecule has 1 N–H and O–H groups in total. The van der Waals surface area contributed by atoms with Gasteiger partial charge in [-0.1, -0.05) is 24.6 Å². The van der Waals surface area contributed by atoms with Crippen LogP contribution >= 0.6 is 0 Å². The van der Waals surface area contributed by atoms with E-state index in [9.17, 15) is 14.7 Å². The molecule has 0 radical (unpaired) electrons. The van der Waals surface area contributed by atoms with E-state index in [1.54, 1.807) is 12.0 Å². The van der Waals surface area contributed by atoms with Gasteiger partial charge < -0.3 is 14.7 Å². The van der Waals surface area contributed by atoms with E-state index in [0.717, 1.165) is 18.4 Å². The van der Waals surface area contributed by atoms with E-state index in [1.165, 1.54) is 6.42 Å². The average Bonchev–Trinajstić information content (AvgIpc) is 3.10. The summed E-state index contributed by atoms with van der Waals surface area (Å²) in [5.41, 5.74) is 0.863. The number of carboxylic acids is 1. The second-order valence-electron chi connectivity index (χ2n) is 7.89. The number of carbonyl (C=O) groups excluding carboxylic acids is 1. The first-order valence-electron chi connectivity index (χ1n) is 9.81. The SMILES string of the molecule is COc1ccccc1[C@@H]1CN(C(=O)CN2[C@H](C)CCC[C@@H]2C)C[C@H]1C(=O)O. The molecule has 2 heterocycles. The van der Waals surface area contributed by atoms with Gasteiger partial charge in [-0.2, -0.15) is 0 Å². The van der Waals surface area contributed by atoms with Crippen LogP contribution in [0.4, 0.5) is 0 Å². The van der Waals surface area contributed by atoms with Crippen molar-refractivity contribution in [2.45, 2.75) is 51.1 Å².